The lowest BCUT2D eigenvalue weighted by molar-refractivity contribution is -0.146. The summed E-state index contributed by atoms with van der Waals surface area (Å²) in [6.07, 6.45) is -3.40. The van der Waals surface area contributed by atoms with Crippen LogP contribution in [-0.4, -0.2) is 18.1 Å². The van der Waals surface area contributed by atoms with Crippen LogP contribution in [0.25, 0.3) is 0 Å². The number of carbonyl (C=O) groups excluding carboxylic acids is 1. The number of halogens is 4. The van der Waals surface area contributed by atoms with Gasteiger partial charge in [-0.1, -0.05) is 0 Å². The van der Waals surface area contributed by atoms with Gasteiger partial charge < -0.3 is 11.1 Å². The molecular weight excluding hydrogens is 276 g/mol. The molecule has 0 aromatic heterocycles. The lowest BCUT2D eigenvalue weighted by Gasteiger charge is -2.23. The molecule has 1 aliphatic carbocycles. The number of aryl methyl sites for hydroxylation is 1. The molecule has 1 aliphatic rings. The molecule has 0 aliphatic heterocycles. The highest BCUT2D eigenvalue weighted by atomic mass is 19.4. The maximum atomic E-state index is 13.7. The standard InChI is InChI=1S/C13H14F4N2O/c1-6-4-8(5-9(14)10(6)12(18)20)19-11(7-2-3-7)13(15,16)17/h4-5,7,11,19H,2-3H2,1H3,(H2,18,20). The van der Waals surface area contributed by atoms with E-state index in [-0.39, 0.29) is 16.8 Å². The Bertz CT molecular complexity index is 515. The van der Waals surface area contributed by atoms with Gasteiger partial charge in [-0.15, -0.1) is 0 Å². The van der Waals surface area contributed by atoms with Gasteiger partial charge in [0.05, 0.1) is 5.56 Å². The van der Waals surface area contributed by atoms with Crippen LogP contribution in [0.4, 0.5) is 23.2 Å². The molecule has 1 fully saturated rings. The third kappa shape index (κ3) is 3.02. The van der Waals surface area contributed by atoms with Crippen molar-refractivity contribution in [2.24, 2.45) is 11.7 Å². The number of hydrogen-bond acceptors (Lipinski definition) is 2. The lowest BCUT2D eigenvalue weighted by Crippen LogP contribution is -2.38. The number of rotatable bonds is 4. The summed E-state index contributed by atoms with van der Waals surface area (Å²) in [5, 5.41) is 2.31. The van der Waals surface area contributed by atoms with E-state index in [0.29, 0.717) is 12.8 Å². The highest BCUT2D eigenvalue weighted by Crippen LogP contribution is 2.41. The molecule has 3 N–H and O–H groups in total. The van der Waals surface area contributed by atoms with Crippen molar-refractivity contribution in [3.05, 3.63) is 29.1 Å². The van der Waals surface area contributed by atoms with Crippen LogP contribution < -0.4 is 11.1 Å². The first-order chi connectivity index (χ1) is 9.20. The number of alkyl halides is 3. The maximum absolute atomic E-state index is 13.7. The van der Waals surface area contributed by atoms with Crippen molar-refractivity contribution >= 4 is 11.6 Å². The van der Waals surface area contributed by atoms with E-state index in [1.165, 1.54) is 13.0 Å². The SMILES string of the molecule is Cc1cc(NC(C2CC2)C(F)(F)F)cc(F)c1C(N)=O. The zero-order valence-electron chi connectivity index (χ0n) is 10.7. The Morgan fingerprint density at radius 2 is 2.00 bits per heavy atom. The van der Waals surface area contributed by atoms with E-state index in [2.05, 4.69) is 5.32 Å². The van der Waals surface area contributed by atoms with Gasteiger partial charge in [-0.05, 0) is 43.4 Å². The minimum atomic E-state index is -4.39. The number of benzene rings is 1. The van der Waals surface area contributed by atoms with Gasteiger partial charge in [0.1, 0.15) is 11.9 Å². The van der Waals surface area contributed by atoms with Crippen molar-refractivity contribution in [1.82, 2.24) is 0 Å². The van der Waals surface area contributed by atoms with Crippen LogP contribution in [0.1, 0.15) is 28.8 Å². The van der Waals surface area contributed by atoms with E-state index >= 15 is 0 Å². The number of nitrogens with one attached hydrogen (secondary N) is 1. The Kier molecular flexibility index (Phi) is 3.62. The monoisotopic (exact) mass is 290 g/mol. The molecule has 0 spiro atoms. The summed E-state index contributed by atoms with van der Waals surface area (Å²) in [6.45, 7) is 1.42. The fourth-order valence-electron chi connectivity index (χ4n) is 2.22. The van der Waals surface area contributed by atoms with Crippen LogP contribution in [0, 0.1) is 18.7 Å². The zero-order chi connectivity index (χ0) is 15.1. The average Bonchev–Trinajstić information content (AvgIpc) is 3.06. The Labute approximate surface area is 113 Å². The second kappa shape index (κ2) is 4.96. The normalized spacial score (nSPS) is 16.9. The molecule has 1 unspecified atom stereocenters. The number of anilines is 1. The summed E-state index contributed by atoms with van der Waals surface area (Å²) in [6, 6.07) is 0.471. The van der Waals surface area contributed by atoms with Gasteiger partial charge in [0, 0.05) is 5.69 Å². The van der Waals surface area contributed by atoms with Crippen LogP contribution in [0.15, 0.2) is 12.1 Å². The van der Waals surface area contributed by atoms with Crippen molar-refractivity contribution in [3.63, 3.8) is 0 Å². The van der Waals surface area contributed by atoms with Gasteiger partial charge in [0.25, 0.3) is 5.91 Å². The van der Waals surface area contributed by atoms with Crippen LogP contribution >= 0.6 is 0 Å². The second-order valence-corrected chi connectivity index (χ2v) is 5.02. The van der Waals surface area contributed by atoms with Crippen LogP contribution in [0.2, 0.25) is 0 Å². The Morgan fingerprint density at radius 3 is 2.40 bits per heavy atom. The van der Waals surface area contributed by atoms with Gasteiger partial charge in [-0.2, -0.15) is 13.2 Å². The van der Waals surface area contributed by atoms with Gasteiger partial charge >= 0.3 is 6.18 Å². The molecule has 0 bridgehead atoms. The molecule has 1 saturated carbocycles. The molecule has 0 saturated heterocycles. The Morgan fingerprint density at radius 1 is 1.40 bits per heavy atom. The van der Waals surface area contributed by atoms with Crippen molar-refractivity contribution in [3.8, 4) is 0 Å². The topological polar surface area (TPSA) is 55.1 Å². The van der Waals surface area contributed by atoms with Crippen molar-refractivity contribution in [1.29, 1.82) is 0 Å². The molecular formula is C13H14F4N2O. The van der Waals surface area contributed by atoms with E-state index in [9.17, 15) is 22.4 Å². The molecule has 1 aromatic rings. The van der Waals surface area contributed by atoms with Gasteiger partial charge in [-0.25, -0.2) is 4.39 Å². The minimum absolute atomic E-state index is 0.000718. The molecule has 1 aromatic carbocycles. The first-order valence-corrected chi connectivity index (χ1v) is 6.13. The minimum Gasteiger partial charge on any atom is -0.374 e. The van der Waals surface area contributed by atoms with Crippen molar-refractivity contribution in [2.45, 2.75) is 32.0 Å². The van der Waals surface area contributed by atoms with Crippen LogP contribution in [-0.2, 0) is 0 Å². The van der Waals surface area contributed by atoms with Crippen molar-refractivity contribution < 1.29 is 22.4 Å². The highest BCUT2D eigenvalue weighted by Gasteiger charge is 2.48. The van der Waals surface area contributed by atoms with Crippen LogP contribution in [0.3, 0.4) is 0 Å². The van der Waals surface area contributed by atoms with E-state index in [1.54, 1.807) is 0 Å². The smallest absolute Gasteiger partial charge is 0.374 e. The molecule has 7 heteroatoms. The number of amides is 1. The number of hydrogen-bond donors (Lipinski definition) is 2. The predicted molar refractivity (Wildman–Crippen MR) is 65.8 cm³/mol. The second-order valence-electron chi connectivity index (χ2n) is 5.02. The number of carbonyl (C=O) groups is 1. The van der Waals surface area contributed by atoms with Gasteiger partial charge in [-0.3, -0.25) is 4.79 Å². The number of nitrogens with two attached hydrogens (primary N) is 1. The fourth-order valence-corrected chi connectivity index (χ4v) is 2.22. The Balaban J connectivity index is 2.27. The molecule has 2 rings (SSSR count). The first kappa shape index (κ1) is 14.6. The molecule has 0 radical (unpaired) electrons. The molecule has 0 heterocycles. The summed E-state index contributed by atoms with van der Waals surface area (Å²) in [5.74, 6) is -2.34. The third-order valence-corrected chi connectivity index (χ3v) is 3.30. The van der Waals surface area contributed by atoms with E-state index in [1.807, 2.05) is 0 Å². The zero-order valence-corrected chi connectivity index (χ0v) is 10.7. The fraction of sp³-hybridized carbons (Fsp3) is 0.462. The third-order valence-electron chi connectivity index (χ3n) is 3.30. The van der Waals surface area contributed by atoms with Gasteiger partial charge in [0.2, 0.25) is 0 Å². The molecule has 1 amide bonds. The summed E-state index contributed by atoms with van der Waals surface area (Å²) in [4.78, 5) is 11.0. The highest BCUT2D eigenvalue weighted by molar-refractivity contribution is 5.95. The maximum Gasteiger partial charge on any atom is 0.408 e. The van der Waals surface area contributed by atoms with Gasteiger partial charge in [0.15, 0.2) is 0 Å². The average molecular weight is 290 g/mol. The molecule has 1 atom stereocenters. The summed E-state index contributed by atoms with van der Waals surface area (Å²) in [7, 11) is 0. The summed E-state index contributed by atoms with van der Waals surface area (Å²) >= 11 is 0. The van der Waals surface area contributed by atoms with E-state index in [4.69, 9.17) is 5.73 Å². The molecule has 20 heavy (non-hydrogen) atoms. The molecule has 3 nitrogen and oxygen atoms in total. The summed E-state index contributed by atoms with van der Waals surface area (Å²) in [5.41, 5.74) is 4.92. The quantitative estimate of drug-likeness (QED) is 0.838. The van der Waals surface area contributed by atoms with E-state index in [0.717, 1.165) is 6.07 Å². The predicted octanol–water partition coefficient (Wildman–Crippen LogP) is 2.99. The summed E-state index contributed by atoms with van der Waals surface area (Å²) < 4.78 is 52.3. The van der Waals surface area contributed by atoms with E-state index < -0.39 is 29.9 Å². The number of primary amides is 1. The Hall–Kier alpha value is -1.79. The molecule has 110 valence electrons. The lowest BCUT2D eigenvalue weighted by atomic mass is 10.1. The van der Waals surface area contributed by atoms with Crippen molar-refractivity contribution in [2.75, 3.05) is 5.32 Å². The first-order valence-electron chi connectivity index (χ1n) is 6.13. The van der Waals surface area contributed by atoms with Crippen LogP contribution in [0.5, 0.6) is 0 Å². The largest absolute Gasteiger partial charge is 0.408 e.